The Morgan fingerprint density at radius 1 is 1.14 bits per heavy atom. The van der Waals surface area contributed by atoms with Crippen molar-refractivity contribution in [2.24, 2.45) is 4.99 Å². The summed E-state index contributed by atoms with van der Waals surface area (Å²) in [6.07, 6.45) is 3.50. The third-order valence-corrected chi connectivity index (χ3v) is 4.60. The Morgan fingerprint density at radius 2 is 1.86 bits per heavy atom. The van der Waals surface area contributed by atoms with Gasteiger partial charge in [-0.25, -0.2) is 0 Å². The molecule has 0 bridgehead atoms. The van der Waals surface area contributed by atoms with Crippen LogP contribution in [0.15, 0.2) is 35.0 Å². The first-order valence-corrected chi connectivity index (χ1v) is 8.45. The summed E-state index contributed by atoms with van der Waals surface area (Å²) >= 11 is 0. The number of hydrogen-bond acceptors (Lipinski definition) is 3. The molecule has 0 N–H and O–H groups in total. The molecule has 0 atom stereocenters. The summed E-state index contributed by atoms with van der Waals surface area (Å²) in [7, 11) is 0. The van der Waals surface area contributed by atoms with Crippen LogP contribution >= 0.6 is 0 Å². The van der Waals surface area contributed by atoms with Crippen LogP contribution in [0.1, 0.15) is 45.2 Å². The fourth-order valence-corrected chi connectivity index (χ4v) is 3.48. The summed E-state index contributed by atoms with van der Waals surface area (Å²) in [5, 5.41) is 0. The maximum absolute atomic E-state index is 4.82. The molecule has 2 aliphatic rings. The third-order valence-electron chi connectivity index (χ3n) is 4.60. The van der Waals surface area contributed by atoms with E-state index in [1.165, 1.54) is 22.7 Å². The highest BCUT2D eigenvalue weighted by Gasteiger charge is 2.28. The van der Waals surface area contributed by atoms with Gasteiger partial charge in [-0.2, -0.15) is 0 Å². The summed E-state index contributed by atoms with van der Waals surface area (Å²) in [6.45, 7) is 12.1. The molecule has 0 unspecified atom stereocenters. The van der Waals surface area contributed by atoms with Crippen LogP contribution in [-0.2, 0) is 0 Å². The Morgan fingerprint density at radius 3 is 2.59 bits per heavy atom. The van der Waals surface area contributed by atoms with Gasteiger partial charge in [0, 0.05) is 43.0 Å². The zero-order valence-corrected chi connectivity index (χ0v) is 14.2. The minimum Gasteiger partial charge on any atom is -0.329 e. The third kappa shape index (κ3) is 2.82. The minimum atomic E-state index is 0.545. The summed E-state index contributed by atoms with van der Waals surface area (Å²) < 4.78 is 0. The maximum atomic E-state index is 4.82. The molecular formula is C19H27N3. The van der Waals surface area contributed by atoms with Gasteiger partial charge in [-0.15, -0.1) is 0 Å². The Bertz CT molecular complexity index is 590. The summed E-state index contributed by atoms with van der Waals surface area (Å²) in [5.41, 5.74) is 3.98. The van der Waals surface area contributed by atoms with E-state index < -0.39 is 0 Å². The lowest BCUT2D eigenvalue weighted by Gasteiger charge is -2.39. The molecule has 0 saturated carbocycles. The second-order valence-electron chi connectivity index (χ2n) is 6.79. The normalized spacial score (nSPS) is 17.5. The molecule has 0 saturated heterocycles. The van der Waals surface area contributed by atoms with Crippen LogP contribution < -0.4 is 0 Å². The number of rotatable bonds is 4. The van der Waals surface area contributed by atoms with Crippen molar-refractivity contribution in [2.75, 3.05) is 19.6 Å². The van der Waals surface area contributed by atoms with Crippen molar-refractivity contribution in [3.63, 3.8) is 0 Å². The van der Waals surface area contributed by atoms with Crippen LogP contribution in [0.25, 0.3) is 6.08 Å². The summed E-state index contributed by atoms with van der Waals surface area (Å²) in [5.74, 6) is 1.17. The number of hydrogen-bond donors (Lipinski definition) is 0. The lowest BCUT2D eigenvalue weighted by molar-refractivity contribution is 0.180. The molecule has 3 nitrogen and oxygen atoms in total. The van der Waals surface area contributed by atoms with Crippen molar-refractivity contribution in [3.8, 4) is 0 Å². The quantitative estimate of drug-likeness (QED) is 0.845. The van der Waals surface area contributed by atoms with Crippen LogP contribution in [-0.4, -0.2) is 47.4 Å². The second kappa shape index (κ2) is 6.25. The molecule has 1 aromatic rings. The molecule has 3 rings (SSSR count). The smallest absolute Gasteiger partial charge is 0.135 e. The lowest BCUT2D eigenvalue weighted by atomic mass is 9.98. The van der Waals surface area contributed by atoms with E-state index in [0.29, 0.717) is 12.1 Å². The molecule has 0 aliphatic carbocycles. The van der Waals surface area contributed by atoms with E-state index >= 15 is 0 Å². The number of aliphatic imine (C=N–C) groups is 1. The topological polar surface area (TPSA) is 18.8 Å². The van der Waals surface area contributed by atoms with Crippen molar-refractivity contribution in [1.82, 2.24) is 9.80 Å². The molecule has 0 aromatic heterocycles. The van der Waals surface area contributed by atoms with Crippen molar-refractivity contribution in [1.29, 1.82) is 0 Å². The highest BCUT2D eigenvalue weighted by Crippen LogP contribution is 2.28. The van der Waals surface area contributed by atoms with Gasteiger partial charge in [-0.1, -0.05) is 24.3 Å². The van der Waals surface area contributed by atoms with Crippen LogP contribution in [0.4, 0.5) is 0 Å². The molecule has 0 spiro atoms. The van der Waals surface area contributed by atoms with Gasteiger partial charge in [0.2, 0.25) is 0 Å². The van der Waals surface area contributed by atoms with Crippen molar-refractivity contribution in [3.05, 3.63) is 41.1 Å². The van der Waals surface area contributed by atoms with Gasteiger partial charge in [0.1, 0.15) is 5.84 Å². The van der Waals surface area contributed by atoms with Gasteiger partial charge in [-0.3, -0.25) is 9.89 Å². The van der Waals surface area contributed by atoms with Crippen LogP contribution in [0, 0.1) is 0 Å². The predicted molar refractivity (Wildman–Crippen MR) is 94.1 cm³/mol. The molecule has 1 aromatic carbocycles. The van der Waals surface area contributed by atoms with E-state index in [4.69, 9.17) is 4.99 Å². The zero-order chi connectivity index (χ0) is 15.7. The summed E-state index contributed by atoms with van der Waals surface area (Å²) in [6, 6.07) is 9.73. The number of fused-ring (bicyclic) bond motifs is 3. The Hall–Kier alpha value is -1.61. The van der Waals surface area contributed by atoms with Gasteiger partial charge in [0.05, 0.1) is 0 Å². The maximum Gasteiger partial charge on any atom is 0.135 e. The second-order valence-corrected chi connectivity index (χ2v) is 6.79. The molecule has 0 radical (unpaired) electrons. The summed E-state index contributed by atoms with van der Waals surface area (Å²) in [4.78, 5) is 9.80. The van der Waals surface area contributed by atoms with Crippen LogP contribution in [0.5, 0.6) is 0 Å². The van der Waals surface area contributed by atoms with E-state index in [1.54, 1.807) is 0 Å². The molecule has 118 valence electrons. The average molecular weight is 297 g/mol. The number of benzene rings is 1. The van der Waals surface area contributed by atoms with E-state index in [-0.39, 0.29) is 0 Å². The molecule has 22 heavy (non-hydrogen) atoms. The van der Waals surface area contributed by atoms with Crippen LogP contribution in [0.3, 0.4) is 0 Å². The van der Waals surface area contributed by atoms with E-state index in [0.717, 1.165) is 26.1 Å². The molecule has 2 aliphatic heterocycles. The number of amidine groups is 1. The highest BCUT2D eigenvalue weighted by molar-refractivity contribution is 6.05. The largest absolute Gasteiger partial charge is 0.329 e. The first kappa shape index (κ1) is 15.3. The van der Waals surface area contributed by atoms with E-state index in [2.05, 4.69) is 67.8 Å². The fourth-order valence-electron chi connectivity index (χ4n) is 3.48. The molecule has 2 heterocycles. The molecule has 0 amide bonds. The average Bonchev–Trinajstić information content (AvgIpc) is 2.51. The Labute approximate surface area is 134 Å². The zero-order valence-electron chi connectivity index (χ0n) is 14.2. The van der Waals surface area contributed by atoms with Gasteiger partial charge in [-0.05, 0) is 45.8 Å². The Kier molecular flexibility index (Phi) is 4.34. The highest BCUT2D eigenvalue weighted by atomic mass is 15.3. The van der Waals surface area contributed by atoms with Gasteiger partial charge >= 0.3 is 0 Å². The van der Waals surface area contributed by atoms with E-state index in [9.17, 15) is 0 Å². The van der Waals surface area contributed by atoms with Gasteiger partial charge < -0.3 is 4.90 Å². The molecular weight excluding hydrogens is 270 g/mol. The molecule has 3 heteroatoms. The first-order chi connectivity index (χ1) is 10.6. The van der Waals surface area contributed by atoms with E-state index in [1.807, 2.05) is 0 Å². The number of nitrogens with zero attached hydrogens (tertiary/aromatic N) is 3. The Balaban J connectivity index is 1.98. The monoisotopic (exact) mass is 297 g/mol. The van der Waals surface area contributed by atoms with Gasteiger partial charge in [0.15, 0.2) is 0 Å². The van der Waals surface area contributed by atoms with Crippen molar-refractivity contribution < 1.29 is 0 Å². The van der Waals surface area contributed by atoms with Gasteiger partial charge in [0.25, 0.3) is 0 Å². The SMILES string of the molecule is CC(C)N(CC1=Cc2ccccc2C2=NCCCN12)C(C)C. The first-order valence-electron chi connectivity index (χ1n) is 8.45. The van der Waals surface area contributed by atoms with Crippen LogP contribution in [0.2, 0.25) is 0 Å². The lowest BCUT2D eigenvalue weighted by Crippen LogP contribution is -2.45. The van der Waals surface area contributed by atoms with Crippen molar-refractivity contribution >= 4 is 11.9 Å². The predicted octanol–water partition coefficient (Wildman–Crippen LogP) is 3.61. The minimum absolute atomic E-state index is 0.545. The fraction of sp³-hybridized carbons (Fsp3) is 0.526. The molecule has 0 fully saturated rings. The standard InChI is InChI=1S/C19H27N3/c1-14(2)22(15(3)4)13-17-12-16-8-5-6-9-18(16)19-20-10-7-11-21(17)19/h5-6,8-9,12,14-15H,7,10-11,13H2,1-4H3. The van der Waals surface area contributed by atoms with Crippen molar-refractivity contribution in [2.45, 2.75) is 46.2 Å².